The Balaban J connectivity index is 1.42. The molecule has 2 aliphatic rings. The maximum atomic E-state index is 10.5. The number of rotatable bonds is 6. The second kappa shape index (κ2) is 7.13. The molecule has 1 aliphatic carbocycles. The van der Waals surface area contributed by atoms with Gasteiger partial charge in [0, 0.05) is 23.1 Å². The molecule has 1 saturated heterocycles. The zero-order chi connectivity index (χ0) is 17.3. The minimum absolute atomic E-state index is 0.365. The number of nitrogens with one attached hydrogen (secondary N) is 1. The summed E-state index contributed by atoms with van der Waals surface area (Å²) in [6.07, 6.45) is 13.5. The van der Waals surface area contributed by atoms with Gasteiger partial charge in [-0.1, -0.05) is 18.9 Å². The largest absolute Gasteiger partial charge is 0.390 e. The quantitative estimate of drug-likeness (QED) is 0.816. The van der Waals surface area contributed by atoms with Gasteiger partial charge in [0.25, 0.3) is 0 Å². The Bertz CT molecular complexity index is 714. The second-order valence-corrected chi connectivity index (χ2v) is 8.46. The average molecular weight is 341 g/mol. The van der Waals surface area contributed by atoms with Gasteiger partial charge in [0.05, 0.1) is 5.60 Å². The Kier molecular flexibility index (Phi) is 4.88. The molecular formula is C22H32N2O. The summed E-state index contributed by atoms with van der Waals surface area (Å²) in [6, 6.07) is 7.56. The molecule has 1 aliphatic heterocycles. The third-order valence-corrected chi connectivity index (χ3v) is 6.60. The van der Waals surface area contributed by atoms with Crippen LogP contribution >= 0.6 is 0 Å². The molecule has 2 aromatic rings. The van der Waals surface area contributed by atoms with Crippen LogP contribution in [0, 0.1) is 0 Å². The van der Waals surface area contributed by atoms with E-state index in [-0.39, 0.29) is 5.60 Å². The monoisotopic (exact) mass is 340 g/mol. The van der Waals surface area contributed by atoms with Crippen molar-refractivity contribution in [2.75, 3.05) is 13.6 Å². The van der Waals surface area contributed by atoms with Crippen LogP contribution in [0.3, 0.4) is 0 Å². The van der Waals surface area contributed by atoms with Gasteiger partial charge in [-0.2, -0.15) is 0 Å². The first kappa shape index (κ1) is 17.1. The van der Waals surface area contributed by atoms with Gasteiger partial charge < -0.3 is 15.0 Å². The zero-order valence-electron chi connectivity index (χ0n) is 15.6. The van der Waals surface area contributed by atoms with Crippen molar-refractivity contribution in [1.82, 2.24) is 9.88 Å². The molecule has 1 aromatic heterocycles. The minimum Gasteiger partial charge on any atom is -0.390 e. The molecule has 2 fully saturated rings. The van der Waals surface area contributed by atoms with E-state index in [1.165, 1.54) is 54.3 Å². The summed E-state index contributed by atoms with van der Waals surface area (Å²) in [5.41, 5.74) is 3.77. The number of likely N-dealkylation sites (N-methyl/N-ethyl adjacent to an activating group) is 1. The fraction of sp³-hybridized carbons (Fsp3) is 0.636. The predicted octanol–water partition coefficient (Wildman–Crippen LogP) is 4.43. The molecule has 136 valence electrons. The summed E-state index contributed by atoms with van der Waals surface area (Å²) in [7, 11) is 2.26. The number of aromatic amines is 1. The van der Waals surface area contributed by atoms with Crippen LogP contribution in [0.25, 0.3) is 10.9 Å². The molecule has 0 bridgehead atoms. The van der Waals surface area contributed by atoms with Crippen molar-refractivity contribution >= 4 is 10.9 Å². The van der Waals surface area contributed by atoms with Crippen LogP contribution in [0.4, 0.5) is 0 Å². The van der Waals surface area contributed by atoms with Crippen LogP contribution in [0.2, 0.25) is 0 Å². The first-order valence-corrected chi connectivity index (χ1v) is 10.1. The Morgan fingerprint density at radius 1 is 1.24 bits per heavy atom. The zero-order valence-corrected chi connectivity index (χ0v) is 15.6. The number of aryl methyl sites for hydroxylation is 1. The first-order valence-electron chi connectivity index (χ1n) is 10.1. The fourth-order valence-electron chi connectivity index (χ4n) is 4.95. The highest BCUT2D eigenvalue weighted by molar-refractivity contribution is 5.84. The molecule has 0 radical (unpaired) electrons. The van der Waals surface area contributed by atoms with Gasteiger partial charge in [0.15, 0.2) is 0 Å². The number of nitrogens with zero attached hydrogens (tertiary/aromatic N) is 1. The van der Waals surface area contributed by atoms with E-state index >= 15 is 0 Å². The van der Waals surface area contributed by atoms with Crippen LogP contribution in [0.15, 0.2) is 24.4 Å². The van der Waals surface area contributed by atoms with E-state index in [4.69, 9.17) is 0 Å². The maximum Gasteiger partial charge on any atom is 0.0648 e. The molecule has 0 unspecified atom stereocenters. The summed E-state index contributed by atoms with van der Waals surface area (Å²) in [6.45, 7) is 1.24. The summed E-state index contributed by atoms with van der Waals surface area (Å²) in [4.78, 5) is 5.96. The Morgan fingerprint density at radius 2 is 2.08 bits per heavy atom. The molecule has 4 rings (SSSR count). The van der Waals surface area contributed by atoms with Gasteiger partial charge >= 0.3 is 0 Å². The molecule has 2 N–H and O–H groups in total. The Morgan fingerprint density at radius 3 is 2.84 bits per heavy atom. The molecule has 0 amide bonds. The number of hydrogen-bond acceptors (Lipinski definition) is 2. The lowest BCUT2D eigenvalue weighted by molar-refractivity contribution is 0.0369. The van der Waals surface area contributed by atoms with Crippen molar-refractivity contribution in [3.8, 4) is 0 Å². The van der Waals surface area contributed by atoms with Crippen molar-refractivity contribution in [2.45, 2.75) is 75.9 Å². The molecular weight excluding hydrogens is 308 g/mol. The molecule has 0 spiro atoms. The lowest BCUT2D eigenvalue weighted by Crippen LogP contribution is -2.26. The summed E-state index contributed by atoms with van der Waals surface area (Å²) in [5, 5.41) is 11.9. The third kappa shape index (κ3) is 3.78. The number of H-pyrrole nitrogens is 1. The van der Waals surface area contributed by atoms with E-state index in [1.54, 1.807) is 0 Å². The highest BCUT2D eigenvalue weighted by Gasteiger charge is 2.30. The van der Waals surface area contributed by atoms with E-state index < -0.39 is 0 Å². The lowest BCUT2D eigenvalue weighted by Gasteiger charge is -2.21. The maximum absolute atomic E-state index is 10.5. The van der Waals surface area contributed by atoms with Gasteiger partial charge in [-0.25, -0.2) is 0 Å². The molecule has 25 heavy (non-hydrogen) atoms. The van der Waals surface area contributed by atoms with Crippen molar-refractivity contribution in [2.24, 2.45) is 0 Å². The molecule has 3 nitrogen and oxygen atoms in total. The van der Waals surface area contributed by atoms with E-state index in [9.17, 15) is 5.11 Å². The number of likely N-dealkylation sites (tertiary alicyclic amines) is 1. The summed E-state index contributed by atoms with van der Waals surface area (Å²) >= 11 is 0. The number of aromatic nitrogens is 1. The average Bonchev–Trinajstić information content (AvgIpc) is 3.31. The van der Waals surface area contributed by atoms with E-state index in [2.05, 4.69) is 41.3 Å². The normalized spacial score (nSPS) is 23.7. The van der Waals surface area contributed by atoms with Crippen molar-refractivity contribution < 1.29 is 5.11 Å². The highest BCUT2D eigenvalue weighted by atomic mass is 16.3. The van der Waals surface area contributed by atoms with Crippen molar-refractivity contribution in [3.05, 3.63) is 35.5 Å². The van der Waals surface area contributed by atoms with E-state index in [0.29, 0.717) is 6.04 Å². The van der Waals surface area contributed by atoms with Crippen molar-refractivity contribution in [3.63, 3.8) is 0 Å². The first-order chi connectivity index (χ1) is 12.1. The topological polar surface area (TPSA) is 39.3 Å². The fourth-order valence-corrected chi connectivity index (χ4v) is 4.95. The van der Waals surface area contributed by atoms with Gasteiger partial charge in [-0.15, -0.1) is 0 Å². The number of fused-ring (bicyclic) bond motifs is 1. The molecule has 1 saturated carbocycles. The van der Waals surface area contributed by atoms with Crippen LogP contribution in [-0.2, 0) is 12.8 Å². The highest BCUT2D eigenvalue weighted by Crippen LogP contribution is 2.34. The lowest BCUT2D eigenvalue weighted by atomic mass is 9.93. The van der Waals surface area contributed by atoms with Gasteiger partial charge in [-0.3, -0.25) is 0 Å². The second-order valence-electron chi connectivity index (χ2n) is 8.46. The van der Waals surface area contributed by atoms with Gasteiger partial charge in [-0.05, 0) is 88.2 Å². The number of hydrogen-bond donors (Lipinski definition) is 2. The number of aliphatic hydroxyl groups is 1. The molecule has 3 heteroatoms. The van der Waals surface area contributed by atoms with Crippen LogP contribution in [0.5, 0.6) is 0 Å². The Hall–Kier alpha value is -1.32. The predicted molar refractivity (Wildman–Crippen MR) is 104 cm³/mol. The van der Waals surface area contributed by atoms with E-state index in [0.717, 1.165) is 38.5 Å². The smallest absolute Gasteiger partial charge is 0.0648 e. The molecule has 1 atom stereocenters. The standard InChI is InChI=1S/C22H32N2O/c1-24-13-5-7-19(24)15-18-16-23-21-9-8-17(14-20(18)21)6-4-12-22(25)10-2-3-11-22/h8-9,14,16,19,23,25H,2-7,10-13,15H2,1H3/t19-/m1/s1. The summed E-state index contributed by atoms with van der Waals surface area (Å²) < 4.78 is 0. The molecule has 2 heterocycles. The minimum atomic E-state index is -0.365. The van der Waals surface area contributed by atoms with Gasteiger partial charge in [0.1, 0.15) is 0 Å². The van der Waals surface area contributed by atoms with Crippen LogP contribution < -0.4 is 0 Å². The molecule has 1 aromatic carbocycles. The SMILES string of the molecule is CN1CCC[C@@H]1Cc1c[nH]c2ccc(CCCC3(O)CCCC3)cc12. The number of benzene rings is 1. The van der Waals surface area contributed by atoms with Crippen LogP contribution in [-0.4, -0.2) is 40.2 Å². The van der Waals surface area contributed by atoms with Gasteiger partial charge in [0.2, 0.25) is 0 Å². The van der Waals surface area contributed by atoms with E-state index in [1.807, 2.05) is 0 Å². The van der Waals surface area contributed by atoms with Crippen molar-refractivity contribution in [1.29, 1.82) is 0 Å². The summed E-state index contributed by atoms with van der Waals surface area (Å²) in [5.74, 6) is 0. The van der Waals surface area contributed by atoms with Crippen LogP contribution in [0.1, 0.15) is 62.5 Å². The Labute approximate surface area is 151 Å². The third-order valence-electron chi connectivity index (χ3n) is 6.60.